The van der Waals surface area contributed by atoms with E-state index in [-0.39, 0.29) is 17.6 Å². The van der Waals surface area contributed by atoms with Gasteiger partial charge in [0.15, 0.2) is 0 Å². The molecule has 2 rings (SSSR count). The molecule has 2 unspecified atom stereocenters. The third-order valence-corrected chi connectivity index (χ3v) is 3.41. The van der Waals surface area contributed by atoms with Crippen molar-refractivity contribution >= 4 is 17.7 Å². The molecule has 0 aliphatic carbocycles. The lowest BCUT2D eigenvalue weighted by Gasteiger charge is -2.28. The van der Waals surface area contributed by atoms with Gasteiger partial charge < -0.3 is 11.1 Å². The standard InChI is InChI=1S/C11H15N3OS/c12-9-6-10(15)14-11(13-9)16-7-8-4-2-1-3-5-8/h1-5,9,11,13H,6-7,12H2,(H,14,15). The molecule has 4 N–H and O–H groups in total. The van der Waals surface area contributed by atoms with Gasteiger partial charge in [-0.3, -0.25) is 10.1 Å². The molecule has 0 saturated carbocycles. The molecule has 5 heteroatoms. The second kappa shape index (κ2) is 5.34. The maximum absolute atomic E-state index is 11.3. The van der Waals surface area contributed by atoms with Crippen molar-refractivity contribution in [1.82, 2.24) is 10.6 Å². The van der Waals surface area contributed by atoms with Gasteiger partial charge in [0.2, 0.25) is 5.91 Å². The van der Waals surface area contributed by atoms with Gasteiger partial charge in [-0.25, -0.2) is 0 Å². The van der Waals surface area contributed by atoms with Crippen LogP contribution in [0.1, 0.15) is 12.0 Å². The monoisotopic (exact) mass is 237 g/mol. The fraction of sp³-hybridized carbons (Fsp3) is 0.364. The molecule has 0 bridgehead atoms. The number of hydrogen-bond acceptors (Lipinski definition) is 4. The van der Waals surface area contributed by atoms with Crippen molar-refractivity contribution in [2.24, 2.45) is 5.73 Å². The number of benzene rings is 1. The van der Waals surface area contributed by atoms with Crippen LogP contribution < -0.4 is 16.4 Å². The highest BCUT2D eigenvalue weighted by Crippen LogP contribution is 2.16. The van der Waals surface area contributed by atoms with Crippen LogP contribution in [0.25, 0.3) is 0 Å². The van der Waals surface area contributed by atoms with Crippen molar-refractivity contribution < 1.29 is 4.79 Å². The number of nitrogens with one attached hydrogen (secondary N) is 2. The molecule has 1 saturated heterocycles. The molecule has 0 aromatic heterocycles. The summed E-state index contributed by atoms with van der Waals surface area (Å²) in [5.41, 5.74) is 6.85. The van der Waals surface area contributed by atoms with E-state index >= 15 is 0 Å². The van der Waals surface area contributed by atoms with Gasteiger partial charge in [-0.1, -0.05) is 30.3 Å². The number of nitrogens with two attached hydrogens (primary N) is 1. The second-order valence-corrected chi connectivity index (χ2v) is 4.81. The average molecular weight is 237 g/mol. The molecule has 1 aliphatic heterocycles. The average Bonchev–Trinajstić information content (AvgIpc) is 2.27. The van der Waals surface area contributed by atoms with Gasteiger partial charge in [0.05, 0.1) is 12.6 Å². The Morgan fingerprint density at radius 1 is 1.38 bits per heavy atom. The maximum Gasteiger partial charge on any atom is 0.224 e. The van der Waals surface area contributed by atoms with Crippen molar-refractivity contribution in [3.05, 3.63) is 35.9 Å². The molecule has 0 radical (unpaired) electrons. The molecule has 1 aromatic rings. The van der Waals surface area contributed by atoms with Gasteiger partial charge in [0.25, 0.3) is 0 Å². The lowest BCUT2D eigenvalue weighted by atomic mass is 10.2. The van der Waals surface area contributed by atoms with E-state index in [1.165, 1.54) is 5.56 Å². The van der Waals surface area contributed by atoms with E-state index in [4.69, 9.17) is 5.73 Å². The third kappa shape index (κ3) is 3.23. The highest BCUT2D eigenvalue weighted by atomic mass is 32.2. The maximum atomic E-state index is 11.3. The Labute approximate surface area is 99.0 Å². The minimum absolute atomic E-state index is 0.0109. The first-order chi connectivity index (χ1) is 7.74. The van der Waals surface area contributed by atoms with Crippen LogP contribution >= 0.6 is 11.8 Å². The van der Waals surface area contributed by atoms with Gasteiger partial charge in [-0.2, -0.15) is 0 Å². The van der Waals surface area contributed by atoms with E-state index in [9.17, 15) is 4.79 Å². The fourth-order valence-electron chi connectivity index (χ4n) is 1.54. The van der Waals surface area contributed by atoms with E-state index in [0.29, 0.717) is 6.42 Å². The van der Waals surface area contributed by atoms with Crippen LogP contribution in [-0.2, 0) is 10.5 Å². The number of thioether (sulfide) groups is 1. The van der Waals surface area contributed by atoms with E-state index in [1.807, 2.05) is 18.2 Å². The van der Waals surface area contributed by atoms with E-state index in [1.54, 1.807) is 11.8 Å². The molecule has 1 fully saturated rings. The first-order valence-electron chi connectivity index (χ1n) is 5.20. The zero-order valence-corrected chi connectivity index (χ0v) is 9.67. The minimum atomic E-state index is -0.234. The molecule has 86 valence electrons. The molecule has 1 amide bonds. The summed E-state index contributed by atoms with van der Waals surface area (Å²) in [6.45, 7) is 0. The van der Waals surface area contributed by atoms with Gasteiger partial charge in [-0.05, 0) is 5.56 Å². The summed E-state index contributed by atoms with van der Waals surface area (Å²) in [6.07, 6.45) is 0.115. The quantitative estimate of drug-likeness (QED) is 0.720. The van der Waals surface area contributed by atoms with Crippen molar-refractivity contribution in [1.29, 1.82) is 0 Å². The smallest absolute Gasteiger partial charge is 0.224 e. The largest absolute Gasteiger partial charge is 0.332 e. The minimum Gasteiger partial charge on any atom is -0.332 e. The molecule has 1 heterocycles. The van der Waals surface area contributed by atoms with Gasteiger partial charge in [0, 0.05) is 5.75 Å². The Balaban J connectivity index is 1.84. The second-order valence-electron chi connectivity index (χ2n) is 3.72. The summed E-state index contributed by atoms with van der Waals surface area (Å²) in [7, 11) is 0. The number of amides is 1. The fourth-order valence-corrected chi connectivity index (χ4v) is 2.58. The first kappa shape index (κ1) is 11.4. The molecule has 1 aromatic carbocycles. The van der Waals surface area contributed by atoms with E-state index in [2.05, 4.69) is 22.8 Å². The predicted octanol–water partition coefficient (Wildman–Crippen LogP) is 0.598. The summed E-state index contributed by atoms with van der Waals surface area (Å²) < 4.78 is 0. The summed E-state index contributed by atoms with van der Waals surface area (Å²) in [4.78, 5) is 11.3. The van der Waals surface area contributed by atoms with Crippen LogP contribution in [0.5, 0.6) is 0 Å². The van der Waals surface area contributed by atoms with Gasteiger partial charge in [0.1, 0.15) is 5.50 Å². The summed E-state index contributed by atoms with van der Waals surface area (Å²) in [6, 6.07) is 10.1. The molecule has 4 nitrogen and oxygen atoms in total. The van der Waals surface area contributed by atoms with Gasteiger partial charge >= 0.3 is 0 Å². The molecule has 2 atom stereocenters. The van der Waals surface area contributed by atoms with Crippen molar-refractivity contribution in [2.75, 3.05) is 0 Å². The zero-order valence-electron chi connectivity index (χ0n) is 8.85. The Hall–Kier alpha value is -1.04. The number of rotatable bonds is 3. The number of hydrogen-bond donors (Lipinski definition) is 3. The normalized spacial score (nSPS) is 25.2. The molecular weight excluding hydrogens is 222 g/mol. The Bertz CT molecular complexity index is 358. The number of carbonyl (C=O) groups excluding carboxylic acids is 1. The molecule has 0 spiro atoms. The zero-order chi connectivity index (χ0) is 11.4. The summed E-state index contributed by atoms with van der Waals surface area (Å²) in [5.74, 6) is 0.864. The number of carbonyl (C=O) groups is 1. The van der Waals surface area contributed by atoms with Crippen LogP contribution in [0.15, 0.2) is 30.3 Å². The third-order valence-electron chi connectivity index (χ3n) is 2.32. The molecule has 1 aliphatic rings. The lowest BCUT2D eigenvalue weighted by molar-refractivity contribution is -0.123. The van der Waals surface area contributed by atoms with Crippen LogP contribution in [0.4, 0.5) is 0 Å². The van der Waals surface area contributed by atoms with Crippen molar-refractivity contribution in [2.45, 2.75) is 23.8 Å². The SMILES string of the molecule is NC1CC(=O)NC(SCc2ccccc2)N1. The van der Waals surface area contributed by atoms with Crippen LogP contribution in [0, 0.1) is 0 Å². The summed E-state index contributed by atoms with van der Waals surface area (Å²) >= 11 is 1.63. The van der Waals surface area contributed by atoms with Crippen molar-refractivity contribution in [3.63, 3.8) is 0 Å². The van der Waals surface area contributed by atoms with Crippen LogP contribution in [0.2, 0.25) is 0 Å². The Kier molecular flexibility index (Phi) is 3.82. The molecule has 16 heavy (non-hydrogen) atoms. The first-order valence-corrected chi connectivity index (χ1v) is 6.25. The predicted molar refractivity (Wildman–Crippen MR) is 65.4 cm³/mol. The highest BCUT2D eigenvalue weighted by Gasteiger charge is 2.22. The Morgan fingerprint density at radius 3 is 2.81 bits per heavy atom. The summed E-state index contributed by atoms with van der Waals surface area (Å²) in [5, 5.41) is 5.98. The molecular formula is C11H15N3OS. The lowest BCUT2D eigenvalue weighted by Crippen LogP contribution is -2.57. The van der Waals surface area contributed by atoms with Crippen LogP contribution in [0.3, 0.4) is 0 Å². The van der Waals surface area contributed by atoms with E-state index < -0.39 is 0 Å². The van der Waals surface area contributed by atoms with Crippen LogP contribution in [-0.4, -0.2) is 17.6 Å². The van der Waals surface area contributed by atoms with Gasteiger partial charge in [-0.15, -0.1) is 11.8 Å². The van der Waals surface area contributed by atoms with E-state index in [0.717, 1.165) is 5.75 Å². The topological polar surface area (TPSA) is 67.2 Å². The van der Waals surface area contributed by atoms with Crippen molar-refractivity contribution in [3.8, 4) is 0 Å². The highest BCUT2D eigenvalue weighted by molar-refractivity contribution is 7.99. The Morgan fingerprint density at radius 2 is 2.12 bits per heavy atom.